The molecule has 0 spiro atoms. The molecule has 1 saturated heterocycles. The first kappa shape index (κ1) is 18.0. The summed E-state index contributed by atoms with van der Waals surface area (Å²) in [5.74, 6) is 0.887. The van der Waals surface area contributed by atoms with Gasteiger partial charge in [-0.1, -0.05) is 45.0 Å². The molecule has 1 aromatic carbocycles. The maximum absolute atomic E-state index is 4.76. The minimum absolute atomic E-state index is 0.313. The Balaban J connectivity index is 1.55. The summed E-state index contributed by atoms with van der Waals surface area (Å²) in [6.45, 7) is 8.79. The average molecular weight is 364 g/mol. The Morgan fingerprint density at radius 2 is 1.96 bits per heavy atom. The van der Waals surface area contributed by atoms with E-state index < -0.39 is 0 Å². The molecule has 1 aliphatic heterocycles. The van der Waals surface area contributed by atoms with Crippen LogP contribution in [-0.2, 0) is 0 Å². The lowest BCUT2D eigenvalue weighted by Gasteiger charge is -2.18. The standard InChI is InChI=1S/C22H29N5/c1-22(2,3)12-14-24-20-10-11-21-25-15-19(27(21)26-20)17-8-6-16(7-9-17)18-5-4-13-23-18/h6-11,15,18,23H,4-5,12-14H2,1-3H3,(H,24,26). The molecule has 5 nitrogen and oxygen atoms in total. The molecule has 27 heavy (non-hydrogen) atoms. The van der Waals surface area contributed by atoms with Crippen LogP contribution in [0.2, 0.25) is 0 Å². The van der Waals surface area contributed by atoms with Crippen molar-refractivity contribution in [2.45, 2.75) is 46.1 Å². The third kappa shape index (κ3) is 4.14. The Bertz CT molecular complexity index is 899. The van der Waals surface area contributed by atoms with Gasteiger partial charge in [-0.3, -0.25) is 0 Å². The summed E-state index contributed by atoms with van der Waals surface area (Å²) in [6.07, 6.45) is 5.49. The molecule has 5 heteroatoms. The normalized spacial score (nSPS) is 17.5. The molecule has 3 aromatic rings. The van der Waals surface area contributed by atoms with Crippen molar-refractivity contribution in [3.63, 3.8) is 0 Å². The lowest BCUT2D eigenvalue weighted by molar-refractivity contribution is 0.389. The Kier molecular flexibility index (Phi) is 4.87. The summed E-state index contributed by atoms with van der Waals surface area (Å²) >= 11 is 0. The van der Waals surface area contributed by atoms with E-state index in [0.717, 1.165) is 42.2 Å². The maximum atomic E-state index is 4.76. The molecule has 4 rings (SSSR count). The van der Waals surface area contributed by atoms with E-state index in [9.17, 15) is 0 Å². The van der Waals surface area contributed by atoms with Crippen molar-refractivity contribution < 1.29 is 0 Å². The predicted octanol–water partition coefficient (Wildman–Crippen LogP) is 4.67. The number of hydrogen-bond acceptors (Lipinski definition) is 4. The molecule has 1 aliphatic rings. The first-order valence-electron chi connectivity index (χ1n) is 9.92. The molecule has 2 aromatic heterocycles. The van der Waals surface area contributed by atoms with Crippen LogP contribution in [0.4, 0.5) is 5.82 Å². The van der Waals surface area contributed by atoms with E-state index in [1.54, 1.807) is 0 Å². The van der Waals surface area contributed by atoms with Gasteiger partial charge in [-0.2, -0.15) is 0 Å². The SMILES string of the molecule is CC(C)(C)CCNc1ccc2ncc(-c3ccc(C4CCCN4)cc3)n2n1. The van der Waals surface area contributed by atoms with Gasteiger partial charge < -0.3 is 10.6 Å². The summed E-state index contributed by atoms with van der Waals surface area (Å²) in [5, 5.41) is 11.8. The molecule has 1 fully saturated rings. The van der Waals surface area contributed by atoms with Crippen LogP contribution in [0, 0.1) is 5.41 Å². The van der Waals surface area contributed by atoms with Gasteiger partial charge in [0.1, 0.15) is 5.82 Å². The molecule has 1 unspecified atom stereocenters. The fourth-order valence-electron chi connectivity index (χ4n) is 3.59. The van der Waals surface area contributed by atoms with Crippen LogP contribution in [0.1, 0.15) is 51.6 Å². The molecule has 0 amide bonds. The molecule has 0 aliphatic carbocycles. The van der Waals surface area contributed by atoms with E-state index in [2.05, 4.69) is 60.7 Å². The van der Waals surface area contributed by atoms with Gasteiger partial charge in [0.05, 0.1) is 11.9 Å². The van der Waals surface area contributed by atoms with Crippen molar-refractivity contribution in [1.29, 1.82) is 0 Å². The van der Waals surface area contributed by atoms with E-state index in [-0.39, 0.29) is 0 Å². The minimum Gasteiger partial charge on any atom is -0.369 e. The Morgan fingerprint density at radius 1 is 1.15 bits per heavy atom. The van der Waals surface area contributed by atoms with Gasteiger partial charge >= 0.3 is 0 Å². The number of nitrogens with zero attached hydrogens (tertiary/aromatic N) is 3. The van der Waals surface area contributed by atoms with Crippen molar-refractivity contribution in [1.82, 2.24) is 19.9 Å². The lowest BCUT2D eigenvalue weighted by atomic mass is 9.92. The molecule has 0 bridgehead atoms. The highest BCUT2D eigenvalue weighted by Crippen LogP contribution is 2.27. The van der Waals surface area contributed by atoms with E-state index in [1.807, 2.05) is 22.8 Å². The summed E-state index contributed by atoms with van der Waals surface area (Å²) in [7, 11) is 0. The second kappa shape index (κ2) is 7.31. The maximum Gasteiger partial charge on any atom is 0.154 e. The number of nitrogens with one attached hydrogen (secondary N) is 2. The van der Waals surface area contributed by atoms with Gasteiger partial charge in [-0.25, -0.2) is 9.50 Å². The van der Waals surface area contributed by atoms with E-state index in [4.69, 9.17) is 5.10 Å². The molecule has 0 saturated carbocycles. The van der Waals surface area contributed by atoms with Crippen molar-refractivity contribution in [3.8, 4) is 11.3 Å². The monoisotopic (exact) mass is 363 g/mol. The van der Waals surface area contributed by atoms with Crippen LogP contribution < -0.4 is 10.6 Å². The zero-order valence-corrected chi connectivity index (χ0v) is 16.5. The topological polar surface area (TPSA) is 54.2 Å². The number of imidazole rings is 1. The van der Waals surface area contributed by atoms with E-state index in [0.29, 0.717) is 11.5 Å². The molecule has 0 radical (unpaired) electrons. The molecular formula is C22H29N5. The van der Waals surface area contributed by atoms with Crippen LogP contribution in [0.15, 0.2) is 42.6 Å². The minimum atomic E-state index is 0.313. The zero-order chi connectivity index (χ0) is 18.9. The average Bonchev–Trinajstić information content (AvgIpc) is 3.30. The van der Waals surface area contributed by atoms with Gasteiger partial charge in [-0.05, 0) is 48.9 Å². The molecule has 142 valence electrons. The largest absolute Gasteiger partial charge is 0.369 e. The highest BCUT2D eigenvalue weighted by Gasteiger charge is 2.16. The first-order valence-corrected chi connectivity index (χ1v) is 9.92. The van der Waals surface area contributed by atoms with Crippen molar-refractivity contribution in [2.75, 3.05) is 18.4 Å². The zero-order valence-electron chi connectivity index (χ0n) is 16.5. The second-order valence-electron chi connectivity index (χ2n) is 8.64. The highest BCUT2D eigenvalue weighted by atomic mass is 15.3. The Morgan fingerprint density at radius 3 is 2.67 bits per heavy atom. The highest BCUT2D eigenvalue weighted by molar-refractivity contribution is 5.64. The van der Waals surface area contributed by atoms with Crippen molar-refractivity contribution in [2.24, 2.45) is 5.41 Å². The quantitative estimate of drug-likeness (QED) is 0.692. The van der Waals surface area contributed by atoms with Crippen LogP contribution in [0.5, 0.6) is 0 Å². The number of benzene rings is 1. The summed E-state index contributed by atoms with van der Waals surface area (Å²) < 4.78 is 1.93. The van der Waals surface area contributed by atoms with Gasteiger partial charge in [0.25, 0.3) is 0 Å². The Labute approximate surface area is 161 Å². The number of rotatable bonds is 5. The van der Waals surface area contributed by atoms with Crippen molar-refractivity contribution >= 4 is 11.5 Å². The van der Waals surface area contributed by atoms with Gasteiger partial charge in [0.15, 0.2) is 5.65 Å². The molecule has 3 heterocycles. The first-order chi connectivity index (χ1) is 13.0. The molecule has 1 atom stereocenters. The van der Waals surface area contributed by atoms with Crippen molar-refractivity contribution in [3.05, 3.63) is 48.2 Å². The summed E-state index contributed by atoms with van der Waals surface area (Å²) in [4.78, 5) is 4.52. The van der Waals surface area contributed by atoms with E-state index in [1.165, 1.54) is 18.4 Å². The number of anilines is 1. The van der Waals surface area contributed by atoms with Crippen LogP contribution in [0.25, 0.3) is 16.9 Å². The summed E-state index contributed by atoms with van der Waals surface area (Å²) in [6, 6.07) is 13.3. The van der Waals surface area contributed by atoms with Gasteiger partial charge in [-0.15, -0.1) is 5.10 Å². The number of fused-ring (bicyclic) bond motifs is 1. The van der Waals surface area contributed by atoms with Gasteiger partial charge in [0.2, 0.25) is 0 Å². The third-order valence-corrected chi connectivity index (χ3v) is 5.21. The third-order valence-electron chi connectivity index (χ3n) is 5.21. The molecule has 2 N–H and O–H groups in total. The predicted molar refractivity (Wildman–Crippen MR) is 111 cm³/mol. The number of aromatic nitrogens is 3. The van der Waals surface area contributed by atoms with Crippen LogP contribution in [0.3, 0.4) is 0 Å². The van der Waals surface area contributed by atoms with Crippen LogP contribution in [-0.4, -0.2) is 27.7 Å². The summed E-state index contributed by atoms with van der Waals surface area (Å²) in [5.41, 5.74) is 4.71. The Hall–Kier alpha value is -2.40. The van der Waals surface area contributed by atoms with E-state index >= 15 is 0 Å². The lowest BCUT2D eigenvalue weighted by Crippen LogP contribution is -2.14. The fourth-order valence-corrected chi connectivity index (χ4v) is 3.59. The van der Waals surface area contributed by atoms with Crippen LogP contribution >= 0.6 is 0 Å². The smallest absolute Gasteiger partial charge is 0.154 e. The molecular weight excluding hydrogens is 334 g/mol. The number of hydrogen-bond donors (Lipinski definition) is 2. The van der Waals surface area contributed by atoms with Gasteiger partial charge in [0, 0.05) is 18.2 Å². The second-order valence-corrected chi connectivity index (χ2v) is 8.64. The fraction of sp³-hybridized carbons (Fsp3) is 0.455.